The van der Waals surface area contributed by atoms with Crippen molar-refractivity contribution < 1.29 is 9.90 Å². The summed E-state index contributed by atoms with van der Waals surface area (Å²) in [5, 5.41) is 11.7. The zero-order chi connectivity index (χ0) is 13.4. The van der Waals surface area contributed by atoms with E-state index < -0.39 is 12.0 Å². The second-order valence-electron chi connectivity index (χ2n) is 5.21. The second kappa shape index (κ2) is 4.67. The van der Waals surface area contributed by atoms with Crippen LogP contribution in [0.5, 0.6) is 0 Å². The lowest BCUT2D eigenvalue weighted by atomic mass is 9.98. The molecule has 2 aromatic carbocycles. The summed E-state index contributed by atoms with van der Waals surface area (Å²) in [4.78, 5) is 13.7. The van der Waals surface area contributed by atoms with Gasteiger partial charge in [0.25, 0.3) is 0 Å². The zero-order valence-electron chi connectivity index (χ0n) is 10.9. The molecule has 1 unspecified atom stereocenters. The number of carbonyl (C=O) groups is 1. The van der Waals surface area contributed by atoms with Crippen LogP contribution in [-0.2, 0) is 4.79 Å². The highest BCUT2D eigenvalue weighted by Gasteiger charge is 2.36. The van der Waals surface area contributed by atoms with Gasteiger partial charge in [-0.05, 0) is 36.2 Å². The minimum Gasteiger partial charge on any atom is -0.480 e. The summed E-state index contributed by atoms with van der Waals surface area (Å²) >= 11 is 0. The van der Waals surface area contributed by atoms with Gasteiger partial charge < -0.3 is 5.11 Å². The summed E-state index contributed by atoms with van der Waals surface area (Å²) in [6.45, 7) is 0. The van der Waals surface area contributed by atoms with Crippen molar-refractivity contribution in [2.75, 3.05) is 7.05 Å². The molecule has 1 N–H and O–H groups in total. The molecule has 98 valence electrons. The maximum Gasteiger partial charge on any atom is 0.325 e. The molecule has 0 bridgehead atoms. The molecule has 0 saturated heterocycles. The molecule has 1 fully saturated rings. The van der Waals surface area contributed by atoms with E-state index in [4.69, 9.17) is 0 Å². The average Bonchev–Trinajstić information content (AvgIpc) is 3.23. The third-order valence-electron chi connectivity index (χ3n) is 3.88. The molecule has 3 nitrogen and oxygen atoms in total. The Morgan fingerprint density at radius 3 is 2.58 bits per heavy atom. The van der Waals surface area contributed by atoms with E-state index >= 15 is 0 Å². The molecular weight excluding hydrogens is 238 g/mol. The van der Waals surface area contributed by atoms with Crippen LogP contribution in [0, 0.1) is 0 Å². The maximum atomic E-state index is 11.7. The van der Waals surface area contributed by atoms with E-state index in [0.29, 0.717) is 6.04 Å². The van der Waals surface area contributed by atoms with Gasteiger partial charge in [-0.25, -0.2) is 0 Å². The maximum absolute atomic E-state index is 11.7. The molecule has 3 heteroatoms. The van der Waals surface area contributed by atoms with Crippen LogP contribution in [0.15, 0.2) is 42.5 Å². The first kappa shape index (κ1) is 12.2. The number of hydrogen-bond donors (Lipinski definition) is 1. The third-order valence-corrected chi connectivity index (χ3v) is 3.88. The summed E-state index contributed by atoms with van der Waals surface area (Å²) in [6, 6.07) is 13.7. The Kier molecular flexibility index (Phi) is 2.99. The standard InChI is InChI=1S/C16H17NO2/c1-17(12-9-10-12)15(16(18)19)14-8-4-6-11-5-2-3-7-13(11)14/h2-8,12,15H,9-10H2,1H3,(H,18,19). The van der Waals surface area contributed by atoms with E-state index in [2.05, 4.69) is 0 Å². The van der Waals surface area contributed by atoms with Gasteiger partial charge in [0.15, 0.2) is 0 Å². The average molecular weight is 255 g/mol. The number of aliphatic carboxylic acids is 1. The van der Waals surface area contributed by atoms with Crippen molar-refractivity contribution in [1.82, 2.24) is 4.90 Å². The molecule has 2 aromatic rings. The highest BCUT2D eigenvalue weighted by molar-refractivity contribution is 5.90. The fourth-order valence-corrected chi connectivity index (χ4v) is 2.71. The third kappa shape index (κ3) is 2.22. The topological polar surface area (TPSA) is 40.5 Å². The van der Waals surface area contributed by atoms with Gasteiger partial charge in [-0.3, -0.25) is 9.69 Å². The molecule has 1 aliphatic carbocycles. The predicted molar refractivity (Wildman–Crippen MR) is 75.1 cm³/mol. The van der Waals surface area contributed by atoms with Gasteiger partial charge in [-0.1, -0.05) is 42.5 Å². The van der Waals surface area contributed by atoms with Crippen molar-refractivity contribution in [3.05, 3.63) is 48.0 Å². The number of hydrogen-bond acceptors (Lipinski definition) is 2. The highest BCUT2D eigenvalue weighted by Crippen LogP contribution is 2.35. The summed E-state index contributed by atoms with van der Waals surface area (Å²) in [5.41, 5.74) is 0.889. The molecule has 0 amide bonds. The van der Waals surface area contributed by atoms with Crippen LogP contribution in [0.2, 0.25) is 0 Å². The summed E-state index contributed by atoms with van der Waals surface area (Å²) < 4.78 is 0. The van der Waals surface area contributed by atoms with Crippen molar-refractivity contribution in [3.63, 3.8) is 0 Å². The van der Waals surface area contributed by atoms with Crippen LogP contribution < -0.4 is 0 Å². The fraction of sp³-hybridized carbons (Fsp3) is 0.312. The Balaban J connectivity index is 2.11. The van der Waals surface area contributed by atoms with Crippen LogP contribution in [0.1, 0.15) is 24.4 Å². The van der Waals surface area contributed by atoms with Crippen molar-refractivity contribution >= 4 is 16.7 Å². The SMILES string of the molecule is CN(C1CC1)C(C(=O)O)c1cccc2ccccc12. The first-order valence-corrected chi connectivity index (χ1v) is 6.61. The monoisotopic (exact) mass is 255 g/mol. The number of nitrogens with zero attached hydrogens (tertiary/aromatic N) is 1. The van der Waals surface area contributed by atoms with Crippen LogP contribution in [-0.4, -0.2) is 29.1 Å². The largest absolute Gasteiger partial charge is 0.480 e. The molecule has 0 spiro atoms. The molecule has 1 aliphatic rings. The smallest absolute Gasteiger partial charge is 0.325 e. The number of fused-ring (bicyclic) bond motifs is 1. The van der Waals surface area contributed by atoms with E-state index in [1.54, 1.807) is 0 Å². The van der Waals surface area contributed by atoms with E-state index in [1.165, 1.54) is 0 Å². The molecule has 0 radical (unpaired) electrons. The summed E-state index contributed by atoms with van der Waals surface area (Å²) in [7, 11) is 1.91. The quantitative estimate of drug-likeness (QED) is 0.912. The normalized spacial score (nSPS) is 16.7. The molecule has 0 aromatic heterocycles. The highest BCUT2D eigenvalue weighted by atomic mass is 16.4. The number of rotatable bonds is 4. The minimum absolute atomic E-state index is 0.417. The molecule has 1 atom stereocenters. The van der Waals surface area contributed by atoms with Crippen LogP contribution in [0.25, 0.3) is 10.8 Å². The Labute approximate surface area is 112 Å². The lowest BCUT2D eigenvalue weighted by Gasteiger charge is -2.25. The number of likely N-dealkylation sites (N-methyl/N-ethyl adjacent to an activating group) is 1. The van der Waals surface area contributed by atoms with Gasteiger partial charge in [0.05, 0.1) is 0 Å². The Morgan fingerprint density at radius 2 is 1.89 bits per heavy atom. The minimum atomic E-state index is -0.772. The number of benzene rings is 2. The van der Waals surface area contributed by atoms with E-state index in [9.17, 15) is 9.90 Å². The van der Waals surface area contributed by atoms with Gasteiger partial charge >= 0.3 is 5.97 Å². The lowest BCUT2D eigenvalue weighted by molar-refractivity contribution is -0.143. The lowest BCUT2D eigenvalue weighted by Crippen LogP contribution is -2.32. The van der Waals surface area contributed by atoms with Crippen LogP contribution in [0.4, 0.5) is 0 Å². The van der Waals surface area contributed by atoms with E-state index in [1.807, 2.05) is 54.4 Å². The van der Waals surface area contributed by atoms with Crippen molar-refractivity contribution in [3.8, 4) is 0 Å². The summed E-state index contributed by atoms with van der Waals surface area (Å²) in [6.07, 6.45) is 2.20. The van der Waals surface area contributed by atoms with Gasteiger partial charge in [0.2, 0.25) is 0 Å². The number of carboxylic acid groups (broad SMARTS) is 1. The predicted octanol–water partition coefficient (Wildman–Crippen LogP) is 3.06. The fourth-order valence-electron chi connectivity index (χ4n) is 2.71. The van der Waals surface area contributed by atoms with Crippen molar-refractivity contribution in [2.24, 2.45) is 0 Å². The molecular formula is C16H17NO2. The zero-order valence-corrected chi connectivity index (χ0v) is 10.9. The molecule has 19 heavy (non-hydrogen) atoms. The first-order valence-electron chi connectivity index (χ1n) is 6.61. The van der Waals surface area contributed by atoms with E-state index in [-0.39, 0.29) is 0 Å². The Morgan fingerprint density at radius 1 is 1.21 bits per heavy atom. The molecule has 3 rings (SSSR count). The van der Waals surface area contributed by atoms with E-state index in [0.717, 1.165) is 29.2 Å². The molecule has 1 saturated carbocycles. The van der Waals surface area contributed by atoms with Gasteiger partial charge in [0.1, 0.15) is 6.04 Å². The Hall–Kier alpha value is -1.87. The molecule has 0 aliphatic heterocycles. The number of carboxylic acids is 1. The van der Waals surface area contributed by atoms with Crippen molar-refractivity contribution in [1.29, 1.82) is 0 Å². The Bertz CT molecular complexity index is 614. The van der Waals surface area contributed by atoms with Crippen LogP contribution >= 0.6 is 0 Å². The van der Waals surface area contributed by atoms with Gasteiger partial charge in [0, 0.05) is 6.04 Å². The summed E-state index contributed by atoms with van der Waals surface area (Å²) in [5.74, 6) is -0.772. The van der Waals surface area contributed by atoms with Gasteiger partial charge in [-0.15, -0.1) is 0 Å². The van der Waals surface area contributed by atoms with Crippen molar-refractivity contribution in [2.45, 2.75) is 24.9 Å². The van der Waals surface area contributed by atoms with Gasteiger partial charge in [-0.2, -0.15) is 0 Å². The second-order valence-corrected chi connectivity index (χ2v) is 5.21. The first-order chi connectivity index (χ1) is 9.18. The van der Waals surface area contributed by atoms with Crippen LogP contribution in [0.3, 0.4) is 0 Å². The molecule has 0 heterocycles.